The topological polar surface area (TPSA) is 54.1 Å². The molecule has 0 amide bonds. The first-order chi connectivity index (χ1) is 20.4. The first kappa shape index (κ1) is 28.1. The van der Waals surface area contributed by atoms with Gasteiger partial charge in [-0.25, -0.2) is 9.97 Å². The number of aromatic nitrogens is 4. The minimum Gasteiger partial charge on any atom is -0.497 e. The normalized spacial score (nSPS) is 12.3. The molecule has 6 nitrogen and oxygen atoms in total. The molecule has 42 heavy (non-hydrogen) atoms. The molecule has 0 aliphatic carbocycles. The fourth-order valence-corrected chi connectivity index (χ4v) is 5.89. The Morgan fingerprint density at radius 2 is 1.02 bits per heavy atom. The number of halogens is 2. The second-order valence-electron chi connectivity index (χ2n) is 10.4. The highest BCUT2D eigenvalue weighted by Crippen LogP contribution is 2.38. The molecule has 0 fully saturated rings. The summed E-state index contributed by atoms with van der Waals surface area (Å²) in [6, 6.07) is 25.4. The molecule has 4 aromatic carbocycles. The Hall–Kier alpha value is -4.00. The molecule has 0 radical (unpaired) electrons. The second-order valence-corrected chi connectivity index (χ2v) is 11.3. The van der Waals surface area contributed by atoms with Crippen LogP contribution in [0.2, 0.25) is 0 Å². The zero-order chi connectivity index (χ0) is 29.4. The third-order valence-electron chi connectivity index (χ3n) is 7.76. The van der Waals surface area contributed by atoms with Crippen LogP contribution in [-0.4, -0.2) is 38.7 Å². The minimum absolute atomic E-state index is 0.194. The Morgan fingerprint density at radius 3 is 1.38 bits per heavy atom. The number of nitrogens with zero attached hydrogens (tertiary/aromatic N) is 4. The van der Waals surface area contributed by atoms with Gasteiger partial charge < -0.3 is 18.6 Å². The third kappa shape index (κ3) is 4.99. The summed E-state index contributed by atoms with van der Waals surface area (Å²) in [7, 11) is 3.39. The zero-order valence-corrected chi connectivity index (χ0v) is 25.6. The third-order valence-corrected chi connectivity index (χ3v) is 7.76. The Bertz CT molecular complexity index is 1750. The Kier molecular flexibility index (Phi) is 7.84. The summed E-state index contributed by atoms with van der Waals surface area (Å²) in [6.07, 6.45) is 1.01. The standard InChI is InChI=1S/C33H30N4O2.CH2Cl2/c1-20-16-26(22-6-10-24(38-3)11-7-22)30-28(18-20)36-14-5-15-37-29-19-21(2)17-27(23-8-12-25(39-4)13-9-23)31(29)35-33(37)32(36)34-30;2-1-3/h6-13,16-19H,5,14-15H2,1-4H3;1H2. The summed E-state index contributed by atoms with van der Waals surface area (Å²) < 4.78 is 15.5. The maximum atomic E-state index is 5.39. The maximum Gasteiger partial charge on any atom is 0.177 e. The molecule has 0 atom stereocenters. The van der Waals surface area contributed by atoms with Gasteiger partial charge in [0.15, 0.2) is 11.6 Å². The van der Waals surface area contributed by atoms with Crippen LogP contribution < -0.4 is 9.47 Å². The summed E-state index contributed by atoms with van der Waals surface area (Å²) in [4.78, 5) is 10.6. The molecule has 8 heteroatoms. The van der Waals surface area contributed by atoms with Crippen molar-refractivity contribution in [1.82, 2.24) is 19.1 Å². The summed E-state index contributed by atoms with van der Waals surface area (Å²) in [6.45, 7) is 6.11. The molecular weight excluding hydrogens is 567 g/mol. The van der Waals surface area contributed by atoms with E-state index in [0.717, 1.165) is 87.0 Å². The second kappa shape index (κ2) is 11.7. The van der Waals surface area contributed by atoms with Crippen molar-refractivity contribution in [3.05, 3.63) is 83.9 Å². The first-order valence-electron chi connectivity index (χ1n) is 13.9. The van der Waals surface area contributed by atoms with Crippen molar-refractivity contribution in [3.8, 4) is 45.4 Å². The number of aryl methyl sites for hydroxylation is 4. The van der Waals surface area contributed by atoms with Crippen LogP contribution in [0, 0.1) is 13.8 Å². The van der Waals surface area contributed by atoms with Crippen molar-refractivity contribution in [1.29, 1.82) is 0 Å². The van der Waals surface area contributed by atoms with E-state index in [2.05, 4.69) is 71.5 Å². The van der Waals surface area contributed by atoms with Gasteiger partial charge in [0, 0.05) is 24.2 Å². The number of fused-ring (bicyclic) bond motifs is 7. The van der Waals surface area contributed by atoms with Gasteiger partial charge in [-0.15, -0.1) is 23.2 Å². The number of imidazole rings is 2. The van der Waals surface area contributed by atoms with E-state index in [9.17, 15) is 0 Å². The monoisotopic (exact) mass is 598 g/mol. The van der Waals surface area contributed by atoms with Crippen LogP contribution in [0.4, 0.5) is 0 Å². The fourth-order valence-electron chi connectivity index (χ4n) is 5.89. The molecule has 1 aliphatic heterocycles. The van der Waals surface area contributed by atoms with Crippen molar-refractivity contribution < 1.29 is 9.47 Å². The number of ether oxygens (including phenoxy) is 2. The van der Waals surface area contributed by atoms with Crippen LogP contribution in [0.1, 0.15) is 17.5 Å². The molecule has 2 aromatic heterocycles. The molecule has 7 rings (SSSR count). The summed E-state index contributed by atoms with van der Waals surface area (Å²) in [5.41, 5.74) is 11.3. The lowest BCUT2D eigenvalue weighted by Crippen LogP contribution is -1.99. The van der Waals surface area contributed by atoms with E-state index in [1.807, 2.05) is 24.3 Å². The van der Waals surface area contributed by atoms with E-state index in [1.165, 1.54) is 11.1 Å². The number of hydrogen-bond acceptors (Lipinski definition) is 4. The van der Waals surface area contributed by atoms with Gasteiger partial charge in [-0.2, -0.15) is 0 Å². The van der Waals surface area contributed by atoms with Crippen LogP contribution in [0.15, 0.2) is 72.8 Å². The van der Waals surface area contributed by atoms with Crippen LogP contribution >= 0.6 is 23.2 Å². The molecule has 0 spiro atoms. The Labute approximate surface area is 255 Å². The van der Waals surface area contributed by atoms with Gasteiger partial charge in [0.1, 0.15) is 11.5 Å². The molecule has 0 unspecified atom stereocenters. The molecule has 6 aromatic rings. The number of hydrogen-bond donors (Lipinski definition) is 0. The van der Waals surface area contributed by atoms with Crippen molar-refractivity contribution in [3.63, 3.8) is 0 Å². The largest absolute Gasteiger partial charge is 0.497 e. The minimum atomic E-state index is 0.194. The number of rotatable bonds is 4. The highest BCUT2D eigenvalue weighted by molar-refractivity contribution is 6.40. The molecule has 0 saturated carbocycles. The summed E-state index contributed by atoms with van der Waals surface area (Å²) in [5, 5.41) is 0.194. The quantitative estimate of drug-likeness (QED) is 0.190. The fraction of sp³-hybridized carbons (Fsp3) is 0.235. The molecule has 1 aliphatic rings. The lowest BCUT2D eigenvalue weighted by atomic mass is 10.0. The lowest BCUT2D eigenvalue weighted by molar-refractivity contribution is 0.415. The summed E-state index contributed by atoms with van der Waals surface area (Å²) in [5.74, 6) is 3.55. The van der Waals surface area contributed by atoms with Gasteiger partial charge in [0.25, 0.3) is 0 Å². The van der Waals surface area contributed by atoms with E-state index in [0.29, 0.717) is 0 Å². The Balaban J connectivity index is 0.00000101. The molecule has 0 N–H and O–H groups in total. The smallest absolute Gasteiger partial charge is 0.177 e. The first-order valence-corrected chi connectivity index (χ1v) is 15.0. The van der Waals surface area contributed by atoms with Gasteiger partial charge >= 0.3 is 0 Å². The number of benzene rings is 4. The average Bonchev–Trinajstić information content (AvgIpc) is 3.49. The van der Waals surface area contributed by atoms with E-state index in [-0.39, 0.29) is 5.34 Å². The van der Waals surface area contributed by atoms with Crippen molar-refractivity contribution in [2.75, 3.05) is 19.6 Å². The highest BCUT2D eigenvalue weighted by atomic mass is 35.5. The lowest BCUT2D eigenvalue weighted by Gasteiger charge is -2.09. The average molecular weight is 600 g/mol. The van der Waals surface area contributed by atoms with Gasteiger partial charge in [-0.3, -0.25) is 0 Å². The number of alkyl halides is 2. The molecular formula is C34H32Cl2N4O2. The highest BCUT2D eigenvalue weighted by Gasteiger charge is 2.25. The van der Waals surface area contributed by atoms with Gasteiger partial charge in [0.05, 0.1) is 41.6 Å². The molecule has 214 valence electrons. The van der Waals surface area contributed by atoms with Crippen LogP contribution in [0.25, 0.3) is 56.0 Å². The molecule has 0 bridgehead atoms. The number of methoxy groups -OCH3 is 2. The van der Waals surface area contributed by atoms with E-state index in [1.54, 1.807) is 14.2 Å². The Morgan fingerprint density at radius 1 is 0.643 bits per heavy atom. The molecule has 3 heterocycles. The van der Waals surface area contributed by atoms with E-state index >= 15 is 0 Å². The van der Waals surface area contributed by atoms with Gasteiger partial charge in [-0.05, 0) is 91.1 Å². The van der Waals surface area contributed by atoms with Crippen molar-refractivity contribution in [2.45, 2.75) is 33.4 Å². The zero-order valence-electron chi connectivity index (χ0n) is 24.1. The van der Waals surface area contributed by atoms with Gasteiger partial charge in [0.2, 0.25) is 0 Å². The van der Waals surface area contributed by atoms with E-state index in [4.69, 9.17) is 42.6 Å². The van der Waals surface area contributed by atoms with Crippen molar-refractivity contribution >= 4 is 45.3 Å². The maximum absolute atomic E-state index is 5.39. The van der Waals surface area contributed by atoms with Gasteiger partial charge in [-0.1, -0.05) is 24.3 Å². The molecule has 0 saturated heterocycles. The predicted molar refractivity (Wildman–Crippen MR) is 173 cm³/mol. The van der Waals surface area contributed by atoms with Crippen LogP contribution in [0.3, 0.4) is 0 Å². The predicted octanol–water partition coefficient (Wildman–Crippen LogP) is 8.85. The van der Waals surface area contributed by atoms with Crippen molar-refractivity contribution in [2.24, 2.45) is 0 Å². The van der Waals surface area contributed by atoms with E-state index < -0.39 is 0 Å². The van der Waals surface area contributed by atoms with Crippen LogP contribution in [0.5, 0.6) is 11.5 Å². The summed E-state index contributed by atoms with van der Waals surface area (Å²) >= 11 is 9.53. The van der Waals surface area contributed by atoms with Crippen LogP contribution in [-0.2, 0) is 13.1 Å². The SMILES string of the molecule is COc1ccc(-c2cc(C)cc3c2nc2n3CCCn3c-2nc2c(-c4ccc(OC)cc4)cc(C)cc23)cc1.ClCCl.